The van der Waals surface area contributed by atoms with E-state index in [9.17, 15) is 9.59 Å². The molecule has 0 bridgehead atoms. The fraction of sp³-hybridized carbons (Fsp3) is 0.467. The molecular weight excluding hydrogens is 240 g/mol. The molecule has 0 aliphatic heterocycles. The first-order valence-electron chi connectivity index (χ1n) is 6.56. The number of benzene rings is 1. The molecule has 1 atom stereocenters. The van der Waals surface area contributed by atoms with E-state index in [4.69, 9.17) is 0 Å². The van der Waals surface area contributed by atoms with Gasteiger partial charge in [0.05, 0.1) is 0 Å². The predicted molar refractivity (Wildman–Crippen MR) is 75.5 cm³/mol. The first-order valence-corrected chi connectivity index (χ1v) is 6.56. The van der Waals surface area contributed by atoms with Crippen LogP contribution in [0.2, 0.25) is 0 Å². The fourth-order valence-electron chi connectivity index (χ4n) is 1.88. The van der Waals surface area contributed by atoms with E-state index in [1.54, 1.807) is 25.8 Å². The van der Waals surface area contributed by atoms with Crippen molar-refractivity contribution >= 4 is 11.8 Å². The highest BCUT2D eigenvalue weighted by molar-refractivity contribution is 5.87. The standard InChI is InChI=1S/C15H22N2O2/c1-5-14(18)17(12(3)15(19)16-4)10-13-8-6-11(2)7-9-13/h6-9,12H,5,10H2,1-4H3,(H,16,19)/t12-/m0/s1. The number of hydrogen-bond donors (Lipinski definition) is 1. The number of amides is 2. The van der Waals surface area contributed by atoms with Crippen molar-refractivity contribution in [3.8, 4) is 0 Å². The van der Waals surface area contributed by atoms with Crippen LogP contribution in [0.5, 0.6) is 0 Å². The maximum Gasteiger partial charge on any atom is 0.242 e. The van der Waals surface area contributed by atoms with Gasteiger partial charge in [-0.3, -0.25) is 9.59 Å². The molecule has 0 heterocycles. The van der Waals surface area contributed by atoms with Crippen molar-refractivity contribution < 1.29 is 9.59 Å². The van der Waals surface area contributed by atoms with Crippen LogP contribution in [0.15, 0.2) is 24.3 Å². The Balaban J connectivity index is 2.89. The van der Waals surface area contributed by atoms with Gasteiger partial charge in [-0.25, -0.2) is 0 Å². The molecule has 0 unspecified atom stereocenters. The molecule has 4 nitrogen and oxygen atoms in total. The van der Waals surface area contributed by atoms with E-state index in [0.717, 1.165) is 5.56 Å². The van der Waals surface area contributed by atoms with Gasteiger partial charge in [-0.15, -0.1) is 0 Å². The number of nitrogens with one attached hydrogen (secondary N) is 1. The van der Waals surface area contributed by atoms with Crippen LogP contribution in [-0.2, 0) is 16.1 Å². The molecule has 19 heavy (non-hydrogen) atoms. The number of hydrogen-bond acceptors (Lipinski definition) is 2. The summed E-state index contributed by atoms with van der Waals surface area (Å²) in [7, 11) is 1.58. The monoisotopic (exact) mass is 262 g/mol. The average molecular weight is 262 g/mol. The van der Waals surface area contributed by atoms with Crippen molar-refractivity contribution in [2.75, 3.05) is 7.05 Å². The first kappa shape index (κ1) is 15.2. The Morgan fingerprint density at radius 1 is 1.26 bits per heavy atom. The second-order valence-corrected chi connectivity index (χ2v) is 4.65. The number of nitrogens with zero attached hydrogens (tertiary/aromatic N) is 1. The van der Waals surface area contributed by atoms with Crippen LogP contribution in [0, 0.1) is 6.92 Å². The van der Waals surface area contributed by atoms with Crippen LogP contribution in [0.4, 0.5) is 0 Å². The molecule has 1 rings (SSSR count). The Hall–Kier alpha value is -1.84. The summed E-state index contributed by atoms with van der Waals surface area (Å²) in [4.78, 5) is 25.3. The predicted octanol–water partition coefficient (Wildman–Crippen LogP) is 1.87. The lowest BCUT2D eigenvalue weighted by Crippen LogP contribution is -2.46. The maximum atomic E-state index is 12.0. The van der Waals surface area contributed by atoms with Crippen LogP contribution in [0.3, 0.4) is 0 Å². The highest BCUT2D eigenvalue weighted by Gasteiger charge is 2.24. The molecule has 0 saturated heterocycles. The Morgan fingerprint density at radius 2 is 1.84 bits per heavy atom. The molecule has 0 aliphatic rings. The largest absolute Gasteiger partial charge is 0.357 e. The molecule has 0 aromatic heterocycles. The minimum atomic E-state index is -0.459. The van der Waals surface area contributed by atoms with E-state index in [-0.39, 0.29) is 11.8 Å². The van der Waals surface area contributed by atoms with Crippen molar-refractivity contribution in [1.82, 2.24) is 10.2 Å². The Bertz CT molecular complexity index is 440. The van der Waals surface area contributed by atoms with Crippen LogP contribution >= 0.6 is 0 Å². The van der Waals surface area contributed by atoms with Gasteiger partial charge in [0.1, 0.15) is 6.04 Å². The third-order valence-corrected chi connectivity index (χ3v) is 3.19. The summed E-state index contributed by atoms with van der Waals surface area (Å²) in [5.74, 6) is -0.161. The van der Waals surface area contributed by atoms with Crippen LogP contribution in [-0.4, -0.2) is 29.8 Å². The zero-order valence-electron chi connectivity index (χ0n) is 12.1. The molecule has 2 amide bonds. The minimum Gasteiger partial charge on any atom is -0.357 e. The Morgan fingerprint density at radius 3 is 2.32 bits per heavy atom. The van der Waals surface area contributed by atoms with Gasteiger partial charge < -0.3 is 10.2 Å². The zero-order chi connectivity index (χ0) is 14.4. The number of aryl methyl sites for hydroxylation is 1. The summed E-state index contributed by atoms with van der Waals surface area (Å²) in [6, 6.07) is 7.53. The third kappa shape index (κ3) is 4.09. The Labute approximate surface area is 114 Å². The summed E-state index contributed by atoms with van der Waals surface area (Å²) in [5, 5.41) is 2.59. The third-order valence-electron chi connectivity index (χ3n) is 3.19. The second kappa shape index (κ2) is 6.92. The van der Waals surface area contributed by atoms with Gasteiger partial charge in [0.25, 0.3) is 0 Å². The van der Waals surface area contributed by atoms with E-state index < -0.39 is 6.04 Å². The van der Waals surface area contributed by atoms with Crippen molar-refractivity contribution in [1.29, 1.82) is 0 Å². The Kier molecular flexibility index (Phi) is 5.55. The van der Waals surface area contributed by atoms with Gasteiger partial charge in [0.2, 0.25) is 11.8 Å². The van der Waals surface area contributed by atoms with Crippen LogP contribution in [0.25, 0.3) is 0 Å². The molecule has 0 fully saturated rings. The molecular formula is C15H22N2O2. The van der Waals surface area contributed by atoms with Crippen LogP contribution in [0.1, 0.15) is 31.4 Å². The molecule has 4 heteroatoms. The quantitative estimate of drug-likeness (QED) is 0.880. The first-order chi connectivity index (χ1) is 8.99. The number of carbonyl (C=O) groups is 2. The van der Waals surface area contributed by atoms with E-state index in [2.05, 4.69) is 5.32 Å². The lowest BCUT2D eigenvalue weighted by atomic mass is 10.1. The highest BCUT2D eigenvalue weighted by atomic mass is 16.2. The fourth-order valence-corrected chi connectivity index (χ4v) is 1.88. The lowest BCUT2D eigenvalue weighted by Gasteiger charge is -2.28. The van der Waals surface area contributed by atoms with E-state index in [0.29, 0.717) is 13.0 Å². The topological polar surface area (TPSA) is 49.4 Å². The van der Waals surface area contributed by atoms with E-state index in [1.165, 1.54) is 5.56 Å². The number of likely N-dealkylation sites (N-methyl/N-ethyl adjacent to an activating group) is 1. The molecule has 1 aromatic rings. The zero-order valence-corrected chi connectivity index (χ0v) is 12.1. The number of rotatable bonds is 5. The average Bonchev–Trinajstić information content (AvgIpc) is 2.44. The minimum absolute atomic E-state index is 0.0170. The summed E-state index contributed by atoms with van der Waals surface area (Å²) < 4.78 is 0. The molecule has 1 N–H and O–H groups in total. The summed E-state index contributed by atoms with van der Waals surface area (Å²) in [6.45, 7) is 6.04. The van der Waals surface area contributed by atoms with Gasteiger partial charge in [0, 0.05) is 20.0 Å². The van der Waals surface area contributed by atoms with Crippen molar-refractivity contribution in [2.24, 2.45) is 0 Å². The van der Waals surface area contributed by atoms with Crippen molar-refractivity contribution in [2.45, 2.75) is 39.8 Å². The highest BCUT2D eigenvalue weighted by Crippen LogP contribution is 2.11. The summed E-state index contributed by atoms with van der Waals surface area (Å²) in [5.41, 5.74) is 2.21. The van der Waals surface area contributed by atoms with Gasteiger partial charge in [-0.05, 0) is 19.4 Å². The van der Waals surface area contributed by atoms with Crippen molar-refractivity contribution in [3.63, 3.8) is 0 Å². The molecule has 0 radical (unpaired) electrons. The lowest BCUT2D eigenvalue weighted by molar-refractivity contribution is -0.140. The smallest absolute Gasteiger partial charge is 0.242 e. The molecule has 104 valence electrons. The maximum absolute atomic E-state index is 12.0. The SMILES string of the molecule is CCC(=O)N(Cc1ccc(C)cc1)[C@@H](C)C(=O)NC. The molecule has 0 aliphatic carbocycles. The van der Waals surface area contributed by atoms with Gasteiger partial charge >= 0.3 is 0 Å². The van der Waals surface area contributed by atoms with E-state index in [1.807, 2.05) is 31.2 Å². The summed E-state index contributed by atoms with van der Waals surface area (Å²) in [6.07, 6.45) is 0.396. The molecule has 0 spiro atoms. The molecule has 0 saturated carbocycles. The summed E-state index contributed by atoms with van der Waals surface area (Å²) >= 11 is 0. The van der Waals surface area contributed by atoms with Gasteiger partial charge in [-0.1, -0.05) is 36.8 Å². The van der Waals surface area contributed by atoms with Gasteiger partial charge in [0.15, 0.2) is 0 Å². The van der Waals surface area contributed by atoms with Crippen molar-refractivity contribution in [3.05, 3.63) is 35.4 Å². The van der Waals surface area contributed by atoms with E-state index >= 15 is 0 Å². The van der Waals surface area contributed by atoms with Crippen LogP contribution < -0.4 is 5.32 Å². The molecule has 1 aromatic carbocycles. The van der Waals surface area contributed by atoms with Gasteiger partial charge in [-0.2, -0.15) is 0 Å². The normalized spacial score (nSPS) is 11.8. The second-order valence-electron chi connectivity index (χ2n) is 4.65. The number of carbonyl (C=O) groups excluding carboxylic acids is 2.